The van der Waals surface area contributed by atoms with Gasteiger partial charge in [-0.15, -0.1) is 0 Å². The molecule has 1 fully saturated rings. The normalized spacial score (nSPS) is 26.3. The van der Waals surface area contributed by atoms with E-state index in [0.717, 1.165) is 18.8 Å². The van der Waals surface area contributed by atoms with Crippen LogP contribution in [-0.2, 0) is 0 Å². The maximum Gasteiger partial charge on any atom is 0.317 e. The van der Waals surface area contributed by atoms with Gasteiger partial charge in [0, 0.05) is 18.6 Å². The first-order valence-electron chi connectivity index (χ1n) is 6.34. The van der Waals surface area contributed by atoms with Gasteiger partial charge in [0.25, 0.3) is 0 Å². The minimum atomic E-state index is -0.147. The molecule has 0 heterocycles. The summed E-state index contributed by atoms with van der Waals surface area (Å²) in [6.07, 6.45) is 4.86. The highest BCUT2D eigenvalue weighted by Crippen LogP contribution is 2.26. The van der Waals surface area contributed by atoms with E-state index in [1.165, 1.54) is 12.8 Å². The third-order valence-electron chi connectivity index (χ3n) is 3.26. The van der Waals surface area contributed by atoms with Gasteiger partial charge in [-0.1, -0.05) is 19.8 Å². The molecule has 1 rings (SSSR count). The predicted octanol–water partition coefficient (Wildman–Crippen LogP) is 3.01. The second-order valence-corrected chi connectivity index (χ2v) is 6.22. The molecule has 0 aromatic rings. The summed E-state index contributed by atoms with van der Waals surface area (Å²) in [5, 5.41) is 3.02. The SMILES string of the molecule is CC1CCCC(N(C)C(=O)NC(C)(C)C)C1. The maximum absolute atomic E-state index is 12.0. The van der Waals surface area contributed by atoms with Crippen molar-refractivity contribution in [2.75, 3.05) is 7.05 Å². The van der Waals surface area contributed by atoms with Gasteiger partial charge in [-0.25, -0.2) is 4.79 Å². The summed E-state index contributed by atoms with van der Waals surface area (Å²) >= 11 is 0. The predicted molar refractivity (Wildman–Crippen MR) is 67.5 cm³/mol. The average Bonchev–Trinajstić information content (AvgIpc) is 2.14. The Labute approximate surface area is 99.6 Å². The Morgan fingerprint density at radius 3 is 2.44 bits per heavy atom. The second kappa shape index (κ2) is 5.07. The molecule has 2 atom stereocenters. The number of carbonyl (C=O) groups is 1. The van der Waals surface area contributed by atoms with Crippen molar-refractivity contribution in [3.05, 3.63) is 0 Å². The Morgan fingerprint density at radius 2 is 1.94 bits per heavy atom. The summed E-state index contributed by atoms with van der Waals surface area (Å²) in [7, 11) is 1.92. The largest absolute Gasteiger partial charge is 0.333 e. The first-order chi connectivity index (χ1) is 7.29. The molecule has 0 radical (unpaired) electrons. The standard InChI is InChI=1S/C13H26N2O/c1-10-7-6-8-11(9-10)15(5)12(16)14-13(2,3)4/h10-11H,6-9H2,1-5H3,(H,14,16). The Balaban J connectivity index is 2.49. The van der Waals surface area contributed by atoms with Crippen LogP contribution in [0.2, 0.25) is 0 Å². The number of hydrogen-bond acceptors (Lipinski definition) is 1. The lowest BCUT2D eigenvalue weighted by molar-refractivity contribution is 0.154. The van der Waals surface area contributed by atoms with Crippen LogP contribution >= 0.6 is 0 Å². The average molecular weight is 226 g/mol. The summed E-state index contributed by atoms with van der Waals surface area (Å²) in [5.74, 6) is 0.753. The van der Waals surface area contributed by atoms with Gasteiger partial charge in [-0.2, -0.15) is 0 Å². The summed E-state index contributed by atoms with van der Waals surface area (Å²) in [4.78, 5) is 13.9. The van der Waals surface area contributed by atoms with Crippen molar-refractivity contribution < 1.29 is 4.79 Å². The highest BCUT2D eigenvalue weighted by Gasteiger charge is 2.26. The fourth-order valence-corrected chi connectivity index (χ4v) is 2.33. The van der Waals surface area contributed by atoms with Gasteiger partial charge >= 0.3 is 6.03 Å². The molecule has 0 spiro atoms. The molecule has 2 unspecified atom stereocenters. The van der Waals surface area contributed by atoms with Gasteiger partial charge in [0.15, 0.2) is 0 Å². The second-order valence-electron chi connectivity index (χ2n) is 6.22. The van der Waals surface area contributed by atoms with E-state index in [0.29, 0.717) is 6.04 Å². The van der Waals surface area contributed by atoms with E-state index in [9.17, 15) is 4.79 Å². The summed E-state index contributed by atoms with van der Waals surface area (Å²) in [6, 6.07) is 0.484. The van der Waals surface area contributed by atoms with Gasteiger partial charge in [0.2, 0.25) is 0 Å². The van der Waals surface area contributed by atoms with Crippen molar-refractivity contribution in [2.24, 2.45) is 5.92 Å². The van der Waals surface area contributed by atoms with E-state index in [1.807, 2.05) is 32.7 Å². The van der Waals surface area contributed by atoms with Crippen molar-refractivity contribution in [2.45, 2.75) is 65.0 Å². The molecule has 94 valence electrons. The molecule has 1 saturated carbocycles. The lowest BCUT2D eigenvalue weighted by Crippen LogP contribution is -2.51. The van der Waals surface area contributed by atoms with Gasteiger partial charge in [-0.3, -0.25) is 0 Å². The Bertz CT molecular complexity index is 245. The van der Waals surface area contributed by atoms with Gasteiger partial charge in [0.05, 0.1) is 0 Å². The van der Waals surface area contributed by atoms with Gasteiger partial charge < -0.3 is 10.2 Å². The molecule has 3 nitrogen and oxygen atoms in total. The van der Waals surface area contributed by atoms with Crippen molar-refractivity contribution in [1.29, 1.82) is 0 Å². The van der Waals surface area contributed by atoms with E-state index in [-0.39, 0.29) is 11.6 Å². The molecular weight excluding hydrogens is 200 g/mol. The molecule has 0 aromatic heterocycles. The number of nitrogens with zero attached hydrogens (tertiary/aromatic N) is 1. The van der Waals surface area contributed by atoms with E-state index in [4.69, 9.17) is 0 Å². The van der Waals surface area contributed by atoms with Crippen molar-refractivity contribution in [3.63, 3.8) is 0 Å². The molecule has 16 heavy (non-hydrogen) atoms. The first-order valence-corrected chi connectivity index (χ1v) is 6.34. The molecule has 1 N–H and O–H groups in total. The Hall–Kier alpha value is -0.730. The smallest absolute Gasteiger partial charge is 0.317 e. The summed E-state index contributed by atoms with van der Waals surface area (Å²) in [5.41, 5.74) is -0.147. The third kappa shape index (κ3) is 4.03. The summed E-state index contributed by atoms with van der Waals surface area (Å²) < 4.78 is 0. The monoisotopic (exact) mass is 226 g/mol. The lowest BCUT2D eigenvalue weighted by atomic mass is 9.86. The fourth-order valence-electron chi connectivity index (χ4n) is 2.33. The van der Waals surface area contributed by atoms with Crippen LogP contribution in [0.3, 0.4) is 0 Å². The molecule has 3 heteroatoms. The van der Waals surface area contributed by atoms with E-state index >= 15 is 0 Å². The van der Waals surface area contributed by atoms with Crippen molar-refractivity contribution >= 4 is 6.03 Å². The first kappa shape index (κ1) is 13.3. The van der Waals surface area contributed by atoms with Crippen molar-refractivity contribution in [1.82, 2.24) is 10.2 Å². The molecule has 2 amide bonds. The number of rotatable bonds is 1. The zero-order chi connectivity index (χ0) is 12.3. The molecule has 0 aromatic carbocycles. The number of carbonyl (C=O) groups excluding carboxylic acids is 1. The zero-order valence-electron chi connectivity index (χ0n) is 11.3. The van der Waals surface area contributed by atoms with Crippen LogP contribution in [0.4, 0.5) is 4.79 Å². The van der Waals surface area contributed by atoms with E-state index in [1.54, 1.807) is 0 Å². The lowest BCUT2D eigenvalue weighted by Gasteiger charge is -2.35. The minimum absolute atomic E-state index is 0.0617. The van der Waals surface area contributed by atoms with Gasteiger partial charge in [0.1, 0.15) is 0 Å². The Morgan fingerprint density at radius 1 is 1.31 bits per heavy atom. The maximum atomic E-state index is 12.0. The fraction of sp³-hybridized carbons (Fsp3) is 0.923. The van der Waals surface area contributed by atoms with Gasteiger partial charge in [-0.05, 0) is 39.5 Å². The van der Waals surface area contributed by atoms with E-state index < -0.39 is 0 Å². The van der Waals surface area contributed by atoms with Crippen LogP contribution < -0.4 is 5.32 Å². The highest BCUT2D eigenvalue weighted by atomic mass is 16.2. The van der Waals surface area contributed by atoms with Crippen LogP contribution in [0.5, 0.6) is 0 Å². The molecule has 0 saturated heterocycles. The molecule has 0 bridgehead atoms. The minimum Gasteiger partial charge on any atom is -0.333 e. The molecule has 1 aliphatic rings. The number of amides is 2. The summed E-state index contributed by atoms with van der Waals surface area (Å²) in [6.45, 7) is 8.33. The number of nitrogens with one attached hydrogen (secondary N) is 1. The van der Waals surface area contributed by atoms with Crippen LogP contribution in [0.25, 0.3) is 0 Å². The molecule has 0 aliphatic heterocycles. The van der Waals surface area contributed by atoms with E-state index in [2.05, 4.69) is 12.2 Å². The van der Waals surface area contributed by atoms with Crippen molar-refractivity contribution in [3.8, 4) is 0 Å². The highest BCUT2D eigenvalue weighted by molar-refractivity contribution is 5.75. The zero-order valence-corrected chi connectivity index (χ0v) is 11.3. The van der Waals surface area contributed by atoms with Crippen LogP contribution in [0.1, 0.15) is 53.4 Å². The topological polar surface area (TPSA) is 32.3 Å². The van der Waals surface area contributed by atoms with Crippen LogP contribution in [-0.4, -0.2) is 29.6 Å². The van der Waals surface area contributed by atoms with Crippen LogP contribution in [0, 0.1) is 5.92 Å². The number of hydrogen-bond donors (Lipinski definition) is 1. The molecular formula is C13H26N2O. The molecule has 1 aliphatic carbocycles. The Kier molecular flexibility index (Phi) is 4.22. The third-order valence-corrected chi connectivity index (χ3v) is 3.26. The van der Waals surface area contributed by atoms with Crippen LogP contribution in [0.15, 0.2) is 0 Å². The quantitative estimate of drug-likeness (QED) is 0.732. The number of urea groups is 1.